The van der Waals surface area contributed by atoms with Crippen LogP contribution in [0.25, 0.3) is 0 Å². The summed E-state index contributed by atoms with van der Waals surface area (Å²) >= 11 is 0. The summed E-state index contributed by atoms with van der Waals surface area (Å²) in [5.74, 6) is 1.58. The molecule has 0 saturated carbocycles. The molecule has 12 heavy (non-hydrogen) atoms. The zero-order chi connectivity index (χ0) is 8.72. The van der Waals surface area contributed by atoms with Gasteiger partial charge in [0.05, 0.1) is 0 Å². The fourth-order valence-electron chi connectivity index (χ4n) is 1.28. The lowest BCUT2D eigenvalue weighted by Crippen LogP contribution is -2.36. The number of hydrogen-bond acceptors (Lipinski definition) is 6. The maximum absolute atomic E-state index is 3.90. The standard InChI is InChI=1S/C6H10N6/c1-4-11(2)5-6(12(4)3)8-10-9-7-5/h4H,1-3H3. The summed E-state index contributed by atoms with van der Waals surface area (Å²) in [5, 5.41) is 14.8. The van der Waals surface area contributed by atoms with E-state index in [1.165, 1.54) is 0 Å². The second kappa shape index (κ2) is 2.26. The number of nitrogens with zero attached hydrogens (tertiary/aromatic N) is 6. The Morgan fingerprint density at radius 3 is 1.83 bits per heavy atom. The Bertz CT molecular complexity index is 271. The molecule has 64 valence electrons. The van der Waals surface area contributed by atoms with E-state index in [1.54, 1.807) is 0 Å². The zero-order valence-electron chi connectivity index (χ0n) is 7.26. The third kappa shape index (κ3) is 0.744. The molecule has 0 radical (unpaired) electrons. The van der Waals surface area contributed by atoms with Crippen molar-refractivity contribution in [3.63, 3.8) is 0 Å². The highest BCUT2D eigenvalue weighted by atomic mass is 15.5. The first kappa shape index (κ1) is 7.20. The predicted molar refractivity (Wildman–Crippen MR) is 43.9 cm³/mol. The number of hydrogen-bond donors (Lipinski definition) is 0. The monoisotopic (exact) mass is 166 g/mol. The SMILES string of the molecule is CC1N(C)c2nnnnc2N1C. The molecule has 2 heterocycles. The van der Waals surface area contributed by atoms with Gasteiger partial charge >= 0.3 is 0 Å². The Morgan fingerprint density at radius 1 is 1.00 bits per heavy atom. The first-order valence-electron chi connectivity index (χ1n) is 3.73. The molecular formula is C6H10N6. The van der Waals surface area contributed by atoms with Gasteiger partial charge in [-0.25, -0.2) is 0 Å². The molecule has 0 aromatic carbocycles. The second-order valence-corrected chi connectivity index (χ2v) is 2.88. The fourth-order valence-corrected chi connectivity index (χ4v) is 1.28. The normalized spacial score (nSPS) is 16.9. The average Bonchev–Trinajstić information content (AvgIpc) is 2.33. The maximum Gasteiger partial charge on any atom is 0.199 e. The Balaban J connectivity index is 2.52. The molecule has 6 heteroatoms. The molecule has 0 amide bonds. The van der Waals surface area contributed by atoms with Gasteiger partial charge in [-0.05, 0) is 17.4 Å². The number of anilines is 2. The van der Waals surface area contributed by atoms with E-state index in [-0.39, 0.29) is 6.17 Å². The van der Waals surface area contributed by atoms with Crippen molar-refractivity contribution in [3.05, 3.63) is 0 Å². The highest BCUT2D eigenvalue weighted by Gasteiger charge is 2.30. The molecule has 1 aromatic heterocycles. The molecule has 0 saturated heterocycles. The summed E-state index contributed by atoms with van der Waals surface area (Å²) in [6, 6.07) is 0. The van der Waals surface area contributed by atoms with Gasteiger partial charge in [0.1, 0.15) is 6.17 Å². The van der Waals surface area contributed by atoms with E-state index in [0.717, 1.165) is 11.6 Å². The van der Waals surface area contributed by atoms with E-state index in [4.69, 9.17) is 0 Å². The first-order chi connectivity index (χ1) is 5.72. The lowest BCUT2D eigenvalue weighted by molar-refractivity contribution is 0.702. The molecule has 0 fully saturated rings. The molecule has 0 unspecified atom stereocenters. The van der Waals surface area contributed by atoms with Crippen LogP contribution in [0.4, 0.5) is 11.6 Å². The Hall–Kier alpha value is -1.46. The highest BCUT2D eigenvalue weighted by Crippen LogP contribution is 2.31. The number of fused-ring (bicyclic) bond motifs is 1. The average molecular weight is 166 g/mol. The van der Waals surface area contributed by atoms with Gasteiger partial charge in [-0.1, -0.05) is 0 Å². The van der Waals surface area contributed by atoms with Crippen LogP contribution in [0, 0.1) is 0 Å². The van der Waals surface area contributed by atoms with E-state index in [2.05, 4.69) is 27.5 Å². The summed E-state index contributed by atoms with van der Waals surface area (Å²) in [6.45, 7) is 2.07. The Kier molecular flexibility index (Phi) is 1.36. The molecule has 0 atom stereocenters. The highest BCUT2D eigenvalue weighted by molar-refractivity contribution is 5.67. The molecule has 0 spiro atoms. The van der Waals surface area contributed by atoms with Crippen molar-refractivity contribution in [2.75, 3.05) is 23.9 Å². The molecule has 1 aromatic rings. The smallest absolute Gasteiger partial charge is 0.199 e. The topological polar surface area (TPSA) is 58.0 Å². The second-order valence-electron chi connectivity index (χ2n) is 2.88. The zero-order valence-corrected chi connectivity index (χ0v) is 7.26. The summed E-state index contributed by atoms with van der Waals surface area (Å²) in [7, 11) is 3.92. The van der Waals surface area contributed by atoms with E-state index in [9.17, 15) is 0 Å². The van der Waals surface area contributed by atoms with Crippen molar-refractivity contribution in [3.8, 4) is 0 Å². The minimum Gasteiger partial charge on any atom is -0.335 e. The van der Waals surface area contributed by atoms with Gasteiger partial charge in [-0.3, -0.25) is 0 Å². The largest absolute Gasteiger partial charge is 0.335 e. The first-order valence-corrected chi connectivity index (χ1v) is 3.73. The van der Waals surface area contributed by atoms with Crippen LogP contribution in [-0.2, 0) is 0 Å². The van der Waals surface area contributed by atoms with Crippen molar-refractivity contribution >= 4 is 11.6 Å². The van der Waals surface area contributed by atoms with Crippen molar-refractivity contribution in [2.24, 2.45) is 0 Å². The van der Waals surface area contributed by atoms with Gasteiger partial charge in [0.2, 0.25) is 0 Å². The predicted octanol–water partition coefficient (Wildman–Crippen LogP) is -0.501. The molecule has 1 aliphatic rings. The summed E-state index contributed by atoms with van der Waals surface area (Å²) in [6.07, 6.45) is 0.269. The lowest BCUT2D eigenvalue weighted by atomic mass is 10.5. The van der Waals surface area contributed by atoms with Crippen molar-refractivity contribution in [1.82, 2.24) is 20.6 Å². The van der Waals surface area contributed by atoms with Crippen LogP contribution in [0.15, 0.2) is 0 Å². The van der Waals surface area contributed by atoms with Crippen LogP contribution < -0.4 is 9.80 Å². The molecule has 0 bridgehead atoms. The fraction of sp³-hybridized carbons (Fsp3) is 0.667. The van der Waals surface area contributed by atoms with Crippen molar-refractivity contribution in [2.45, 2.75) is 13.1 Å². The van der Waals surface area contributed by atoms with Crippen LogP contribution in [0.2, 0.25) is 0 Å². The Morgan fingerprint density at radius 2 is 1.42 bits per heavy atom. The molecule has 2 rings (SSSR count). The van der Waals surface area contributed by atoms with Gasteiger partial charge in [0.15, 0.2) is 11.6 Å². The summed E-state index contributed by atoms with van der Waals surface area (Å²) in [5.41, 5.74) is 0. The van der Waals surface area contributed by atoms with Gasteiger partial charge in [-0.2, -0.15) is 0 Å². The molecule has 6 nitrogen and oxygen atoms in total. The molecule has 0 aliphatic carbocycles. The van der Waals surface area contributed by atoms with E-state index in [0.29, 0.717) is 0 Å². The molecular weight excluding hydrogens is 156 g/mol. The maximum atomic E-state index is 3.90. The minimum absolute atomic E-state index is 0.269. The van der Waals surface area contributed by atoms with Crippen LogP contribution in [0.5, 0.6) is 0 Å². The third-order valence-electron chi connectivity index (χ3n) is 2.31. The minimum atomic E-state index is 0.269. The Labute approximate surface area is 70.2 Å². The van der Waals surface area contributed by atoms with Crippen LogP contribution in [-0.4, -0.2) is 40.9 Å². The summed E-state index contributed by atoms with van der Waals surface area (Å²) in [4.78, 5) is 4.02. The van der Waals surface area contributed by atoms with E-state index < -0.39 is 0 Å². The van der Waals surface area contributed by atoms with E-state index >= 15 is 0 Å². The van der Waals surface area contributed by atoms with Crippen molar-refractivity contribution in [1.29, 1.82) is 0 Å². The van der Waals surface area contributed by atoms with Gasteiger partial charge in [0, 0.05) is 14.1 Å². The third-order valence-corrected chi connectivity index (χ3v) is 2.31. The quantitative estimate of drug-likeness (QED) is 0.518. The lowest BCUT2D eigenvalue weighted by Gasteiger charge is -2.21. The van der Waals surface area contributed by atoms with Gasteiger partial charge < -0.3 is 9.80 Å². The molecule has 0 N–H and O–H groups in total. The number of aromatic nitrogens is 4. The van der Waals surface area contributed by atoms with Crippen LogP contribution in [0.3, 0.4) is 0 Å². The van der Waals surface area contributed by atoms with Gasteiger partial charge in [-0.15, -0.1) is 10.2 Å². The van der Waals surface area contributed by atoms with E-state index in [1.807, 2.05) is 23.9 Å². The van der Waals surface area contributed by atoms with Crippen LogP contribution >= 0.6 is 0 Å². The van der Waals surface area contributed by atoms with Crippen molar-refractivity contribution < 1.29 is 0 Å². The van der Waals surface area contributed by atoms with Gasteiger partial charge in [0.25, 0.3) is 0 Å². The molecule has 1 aliphatic heterocycles. The summed E-state index contributed by atoms with van der Waals surface area (Å²) < 4.78 is 0. The number of rotatable bonds is 0. The van der Waals surface area contributed by atoms with Crippen LogP contribution in [0.1, 0.15) is 6.92 Å².